The highest BCUT2D eigenvalue weighted by Crippen LogP contribution is 2.30. The van der Waals surface area contributed by atoms with Crippen molar-refractivity contribution in [1.29, 1.82) is 0 Å². The number of morpholine rings is 1. The number of nitrogens with one attached hydrogen (secondary N) is 1. The highest BCUT2D eigenvalue weighted by Gasteiger charge is 2.14. The van der Waals surface area contributed by atoms with Crippen molar-refractivity contribution in [2.24, 2.45) is 5.10 Å². The van der Waals surface area contributed by atoms with Crippen molar-refractivity contribution < 1.29 is 19.0 Å². The number of hydrogen-bond donors (Lipinski definition) is 1. The van der Waals surface area contributed by atoms with Gasteiger partial charge in [-0.25, -0.2) is 5.43 Å². The van der Waals surface area contributed by atoms with E-state index in [0.717, 1.165) is 44.2 Å². The standard InChI is InChI=1S/C22H25N3O4/c1-16(19-6-7-20-21(14-19)29-13-12-28-20)23-24-22(26)18-4-2-17(3-5-18)15-25-8-10-27-11-9-25/h2-7,14H,8-13,15H2,1H3,(H,24,26)/b23-16-. The maximum atomic E-state index is 12.4. The zero-order valence-corrected chi connectivity index (χ0v) is 16.5. The van der Waals surface area contributed by atoms with E-state index in [4.69, 9.17) is 14.2 Å². The molecule has 0 aliphatic carbocycles. The maximum Gasteiger partial charge on any atom is 0.271 e. The van der Waals surface area contributed by atoms with E-state index >= 15 is 0 Å². The fourth-order valence-corrected chi connectivity index (χ4v) is 3.31. The Hall–Kier alpha value is -2.90. The van der Waals surface area contributed by atoms with Crippen molar-refractivity contribution >= 4 is 11.6 Å². The van der Waals surface area contributed by atoms with Crippen LogP contribution in [0, 0.1) is 0 Å². The van der Waals surface area contributed by atoms with Crippen LogP contribution in [0.3, 0.4) is 0 Å². The quantitative estimate of drug-likeness (QED) is 0.622. The molecule has 2 aromatic carbocycles. The molecule has 0 unspecified atom stereocenters. The normalized spacial score (nSPS) is 17.1. The second-order valence-corrected chi connectivity index (χ2v) is 7.08. The summed E-state index contributed by atoms with van der Waals surface area (Å²) in [6, 6.07) is 13.3. The summed E-state index contributed by atoms with van der Waals surface area (Å²) in [7, 11) is 0. The van der Waals surface area contributed by atoms with Crippen LogP contribution in [0.1, 0.15) is 28.4 Å². The van der Waals surface area contributed by atoms with Gasteiger partial charge in [-0.05, 0) is 42.8 Å². The first-order valence-corrected chi connectivity index (χ1v) is 9.83. The van der Waals surface area contributed by atoms with E-state index in [0.29, 0.717) is 30.2 Å². The van der Waals surface area contributed by atoms with Crippen LogP contribution in [-0.2, 0) is 11.3 Å². The molecule has 29 heavy (non-hydrogen) atoms. The highest BCUT2D eigenvalue weighted by atomic mass is 16.6. The Morgan fingerprint density at radius 3 is 2.41 bits per heavy atom. The van der Waals surface area contributed by atoms with E-state index in [1.54, 1.807) is 0 Å². The van der Waals surface area contributed by atoms with Gasteiger partial charge in [-0.1, -0.05) is 12.1 Å². The summed E-state index contributed by atoms with van der Waals surface area (Å²) in [6.45, 7) is 7.24. The smallest absolute Gasteiger partial charge is 0.271 e. The molecule has 0 spiro atoms. The van der Waals surface area contributed by atoms with Crippen LogP contribution in [0.2, 0.25) is 0 Å². The fourth-order valence-electron chi connectivity index (χ4n) is 3.31. The van der Waals surface area contributed by atoms with Gasteiger partial charge in [0.15, 0.2) is 11.5 Å². The Morgan fingerprint density at radius 2 is 1.66 bits per heavy atom. The van der Waals surface area contributed by atoms with Crippen LogP contribution in [0.25, 0.3) is 0 Å². The Morgan fingerprint density at radius 1 is 0.966 bits per heavy atom. The minimum atomic E-state index is -0.236. The molecule has 152 valence electrons. The van der Waals surface area contributed by atoms with E-state index < -0.39 is 0 Å². The summed E-state index contributed by atoms with van der Waals surface area (Å²) in [4.78, 5) is 14.8. The number of rotatable bonds is 5. The average Bonchev–Trinajstić information content (AvgIpc) is 2.78. The van der Waals surface area contributed by atoms with E-state index in [9.17, 15) is 4.79 Å². The molecule has 7 heteroatoms. The zero-order valence-electron chi connectivity index (χ0n) is 16.5. The number of nitrogens with zero attached hydrogens (tertiary/aromatic N) is 2. The average molecular weight is 395 g/mol. The Kier molecular flexibility index (Phi) is 6.07. The minimum absolute atomic E-state index is 0.236. The van der Waals surface area contributed by atoms with Crippen LogP contribution in [0.5, 0.6) is 11.5 Å². The summed E-state index contributed by atoms with van der Waals surface area (Å²) < 4.78 is 16.5. The molecule has 1 amide bonds. The summed E-state index contributed by atoms with van der Waals surface area (Å²) in [5, 5.41) is 4.23. The third-order valence-corrected chi connectivity index (χ3v) is 5.01. The van der Waals surface area contributed by atoms with Gasteiger partial charge in [-0.3, -0.25) is 9.69 Å². The lowest BCUT2D eigenvalue weighted by Crippen LogP contribution is -2.35. The summed E-state index contributed by atoms with van der Waals surface area (Å²) in [5.74, 6) is 1.19. The van der Waals surface area contributed by atoms with E-state index in [2.05, 4.69) is 15.4 Å². The second kappa shape index (κ2) is 9.07. The monoisotopic (exact) mass is 395 g/mol. The number of ether oxygens (including phenoxy) is 3. The lowest BCUT2D eigenvalue weighted by atomic mass is 10.1. The number of amides is 1. The fraction of sp³-hybridized carbons (Fsp3) is 0.364. The molecular weight excluding hydrogens is 370 g/mol. The molecule has 2 heterocycles. The Labute approximate surface area is 170 Å². The van der Waals surface area contributed by atoms with E-state index in [-0.39, 0.29) is 5.91 Å². The van der Waals surface area contributed by atoms with Crippen molar-refractivity contribution in [1.82, 2.24) is 10.3 Å². The molecular formula is C22H25N3O4. The lowest BCUT2D eigenvalue weighted by Gasteiger charge is -2.26. The van der Waals surface area contributed by atoms with Gasteiger partial charge in [0.05, 0.1) is 18.9 Å². The number of hydrogen-bond acceptors (Lipinski definition) is 6. The minimum Gasteiger partial charge on any atom is -0.486 e. The van der Waals surface area contributed by atoms with Crippen molar-refractivity contribution in [2.45, 2.75) is 13.5 Å². The van der Waals surface area contributed by atoms with Crippen LogP contribution in [-0.4, -0.2) is 56.0 Å². The third-order valence-electron chi connectivity index (χ3n) is 5.01. The van der Waals surface area contributed by atoms with Crippen molar-refractivity contribution in [3.8, 4) is 11.5 Å². The first-order valence-electron chi connectivity index (χ1n) is 9.83. The molecule has 1 N–H and O–H groups in total. The molecule has 0 bridgehead atoms. The molecule has 2 aromatic rings. The number of hydrazone groups is 1. The maximum absolute atomic E-state index is 12.4. The lowest BCUT2D eigenvalue weighted by molar-refractivity contribution is 0.0342. The molecule has 0 radical (unpaired) electrons. The molecule has 0 atom stereocenters. The second-order valence-electron chi connectivity index (χ2n) is 7.08. The van der Waals surface area contributed by atoms with Crippen LogP contribution in [0.15, 0.2) is 47.6 Å². The zero-order chi connectivity index (χ0) is 20.1. The number of fused-ring (bicyclic) bond motifs is 1. The van der Waals surface area contributed by atoms with Crippen molar-refractivity contribution in [2.75, 3.05) is 39.5 Å². The highest BCUT2D eigenvalue weighted by molar-refractivity contribution is 6.01. The van der Waals surface area contributed by atoms with Gasteiger partial charge in [0, 0.05) is 30.8 Å². The molecule has 2 aliphatic rings. The van der Waals surface area contributed by atoms with Gasteiger partial charge in [0.25, 0.3) is 5.91 Å². The predicted octanol–water partition coefficient (Wildman–Crippen LogP) is 2.44. The van der Waals surface area contributed by atoms with Gasteiger partial charge in [-0.2, -0.15) is 5.10 Å². The van der Waals surface area contributed by atoms with Gasteiger partial charge in [0.1, 0.15) is 13.2 Å². The van der Waals surface area contributed by atoms with E-state index in [1.807, 2.05) is 49.4 Å². The number of carbonyl (C=O) groups excluding carboxylic acids is 1. The largest absolute Gasteiger partial charge is 0.486 e. The first-order chi connectivity index (χ1) is 14.2. The van der Waals surface area contributed by atoms with Gasteiger partial charge in [-0.15, -0.1) is 0 Å². The molecule has 1 saturated heterocycles. The molecule has 7 nitrogen and oxygen atoms in total. The molecule has 1 fully saturated rings. The van der Waals surface area contributed by atoms with Crippen LogP contribution >= 0.6 is 0 Å². The van der Waals surface area contributed by atoms with Crippen LogP contribution < -0.4 is 14.9 Å². The molecule has 0 saturated carbocycles. The topological polar surface area (TPSA) is 72.4 Å². The summed E-state index contributed by atoms with van der Waals surface area (Å²) in [5.41, 5.74) is 5.95. The Balaban J connectivity index is 1.36. The Bertz CT molecular complexity index is 889. The predicted molar refractivity (Wildman–Crippen MR) is 110 cm³/mol. The summed E-state index contributed by atoms with van der Waals surface area (Å²) >= 11 is 0. The van der Waals surface area contributed by atoms with Gasteiger partial charge < -0.3 is 14.2 Å². The van der Waals surface area contributed by atoms with Crippen LogP contribution in [0.4, 0.5) is 0 Å². The molecule has 2 aliphatic heterocycles. The summed E-state index contributed by atoms with van der Waals surface area (Å²) in [6.07, 6.45) is 0. The molecule has 0 aromatic heterocycles. The van der Waals surface area contributed by atoms with Crippen molar-refractivity contribution in [3.63, 3.8) is 0 Å². The van der Waals surface area contributed by atoms with E-state index in [1.165, 1.54) is 5.56 Å². The third kappa shape index (κ3) is 4.93. The SMILES string of the molecule is C/C(=N/NC(=O)c1ccc(CN2CCOCC2)cc1)c1ccc2c(c1)OCCO2. The molecule has 4 rings (SSSR count). The van der Waals surface area contributed by atoms with Crippen molar-refractivity contribution in [3.05, 3.63) is 59.2 Å². The van der Waals surface area contributed by atoms with Gasteiger partial charge >= 0.3 is 0 Å². The number of carbonyl (C=O) groups is 1. The number of benzene rings is 2. The van der Waals surface area contributed by atoms with Gasteiger partial charge in [0.2, 0.25) is 0 Å². The first kappa shape index (κ1) is 19.4.